The maximum atomic E-state index is 8.50. The Hall–Kier alpha value is -0.280. The van der Waals surface area contributed by atoms with Gasteiger partial charge >= 0.3 is 0 Å². The van der Waals surface area contributed by atoms with Crippen molar-refractivity contribution in [2.24, 2.45) is 0 Å². The maximum absolute atomic E-state index is 8.50. The summed E-state index contributed by atoms with van der Waals surface area (Å²) in [4.78, 5) is 2.17. The predicted octanol–water partition coefficient (Wildman–Crippen LogP) is 0.795. The Morgan fingerprint density at radius 1 is 1.20 bits per heavy atom. The molecule has 5 heteroatoms. The van der Waals surface area contributed by atoms with Gasteiger partial charge in [-0.25, -0.2) is 0 Å². The molecule has 0 amide bonds. The number of hydrogen-bond donors (Lipinski definition) is 1. The Labute approximate surface area is 97.6 Å². The molecule has 0 aromatic heterocycles. The molecule has 0 aromatic rings. The fourth-order valence-electron chi connectivity index (χ4n) is 1.12. The number of hydrogen-bond acceptors (Lipinski definition) is 5. The quantitative estimate of drug-likeness (QED) is 0.447. The molecule has 0 spiro atoms. The monoisotopic (exact) mass is 232 g/mol. The first kappa shape index (κ1) is 14.7. The van der Waals surface area contributed by atoms with E-state index in [-0.39, 0.29) is 0 Å². The van der Waals surface area contributed by atoms with Gasteiger partial charge in [0.15, 0.2) is 0 Å². The lowest BCUT2D eigenvalue weighted by Crippen LogP contribution is -2.31. The highest BCUT2D eigenvalue weighted by atomic mass is 32.1. The fourth-order valence-corrected chi connectivity index (χ4v) is 1.25. The first-order chi connectivity index (χ1) is 7.35. The normalized spacial score (nSPS) is 10.5. The maximum Gasteiger partial charge on any atom is 0.0635 e. The second-order valence-corrected chi connectivity index (χ2v) is 3.53. The molecular weight excluding hydrogens is 212 g/mol. The predicted molar refractivity (Wildman–Crippen MR) is 63.2 cm³/mol. The molecule has 0 radical (unpaired) electrons. The zero-order valence-electron chi connectivity index (χ0n) is 9.31. The zero-order chi connectivity index (χ0) is 11.4. The van der Waals surface area contributed by atoms with Crippen molar-refractivity contribution in [1.29, 1.82) is 5.26 Å². The summed E-state index contributed by atoms with van der Waals surface area (Å²) in [5, 5.41) is 8.50. The van der Waals surface area contributed by atoms with Crippen LogP contribution in [0.2, 0.25) is 0 Å². The van der Waals surface area contributed by atoms with Crippen molar-refractivity contribution in [1.82, 2.24) is 4.90 Å². The third-order valence-corrected chi connectivity index (χ3v) is 2.12. The third-order valence-electron chi connectivity index (χ3n) is 1.94. The number of nitrogens with zero attached hydrogens (tertiary/aromatic N) is 2. The Balaban J connectivity index is 3.55. The standard InChI is InChI=1S/C10H20N2O2S/c1-13-7-5-12(4-2-3-11)6-8-14-9-10-15/h15H,2,4-10H2,1H3. The molecule has 0 aliphatic rings. The average Bonchev–Trinajstić information content (AvgIpc) is 2.27. The molecule has 0 unspecified atom stereocenters. The van der Waals surface area contributed by atoms with E-state index in [9.17, 15) is 0 Å². The summed E-state index contributed by atoms with van der Waals surface area (Å²) in [6.07, 6.45) is 0.552. The zero-order valence-corrected chi connectivity index (χ0v) is 10.2. The molecule has 88 valence electrons. The van der Waals surface area contributed by atoms with E-state index in [1.165, 1.54) is 0 Å². The topological polar surface area (TPSA) is 45.5 Å². The van der Waals surface area contributed by atoms with Crippen molar-refractivity contribution in [3.63, 3.8) is 0 Å². The van der Waals surface area contributed by atoms with Gasteiger partial charge < -0.3 is 9.47 Å². The van der Waals surface area contributed by atoms with Crippen LogP contribution in [0.4, 0.5) is 0 Å². The van der Waals surface area contributed by atoms with Crippen molar-refractivity contribution in [3.8, 4) is 6.07 Å². The van der Waals surface area contributed by atoms with Gasteiger partial charge in [-0.1, -0.05) is 0 Å². The van der Waals surface area contributed by atoms with Gasteiger partial charge in [0.25, 0.3) is 0 Å². The number of thiol groups is 1. The summed E-state index contributed by atoms with van der Waals surface area (Å²) in [7, 11) is 1.68. The summed E-state index contributed by atoms with van der Waals surface area (Å²) in [6, 6.07) is 2.14. The van der Waals surface area contributed by atoms with E-state index in [1.54, 1.807) is 7.11 Å². The molecule has 0 N–H and O–H groups in total. The SMILES string of the molecule is COCCN(CCC#N)CCOCCS. The van der Waals surface area contributed by atoms with Crippen molar-refractivity contribution < 1.29 is 9.47 Å². The highest BCUT2D eigenvalue weighted by Crippen LogP contribution is 1.92. The lowest BCUT2D eigenvalue weighted by atomic mass is 10.4. The fraction of sp³-hybridized carbons (Fsp3) is 0.900. The van der Waals surface area contributed by atoms with Crippen LogP contribution in [-0.4, -0.2) is 57.2 Å². The number of nitriles is 1. The Kier molecular flexibility index (Phi) is 11.6. The first-order valence-corrected chi connectivity index (χ1v) is 5.75. The second-order valence-electron chi connectivity index (χ2n) is 3.08. The molecule has 0 saturated heterocycles. The first-order valence-electron chi connectivity index (χ1n) is 5.12. The van der Waals surface area contributed by atoms with Gasteiger partial charge in [-0.15, -0.1) is 0 Å². The molecule has 0 heterocycles. The van der Waals surface area contributed by atoms with Crippen LogP contribution in [0.25, 0.3) is 0 Å². The van der Waals surface area contributed by atoms with Crippen LogP contribution in [0.1, 0.15) is 6.42 Å². The minimum absolute atomic E-state index is 0.552. The van der Waals surface area contributed by atoms with Crippen LogP contribution in [0.15, 0.2) is 0 Å². The Morgan fingerprint density at radius 2 is 1.93 bits per heavy atom. The molecule has 0 atom stereocenters. The van der Waals surface area contributed by atoms with Gasteiger partial charge in [-0.05, 0) is 0 Å². The summed E-state index contributed by atoms with van der Waals surface area (Å²) >= 11 is 4.06. The van der Waals surface area contributed by atoms with Crippen molar-refractivity contribution in [2.75, 3.05) is 52.3 Å². The van der Waals surface area contributed by atoms with Gasteiger partial charge in [0, 0.05) is 38.9 Å². The Bertz CT molecular complexity index is 173. The molecule has 0 saturated carbocycles. The molecular formula is C10H20N2O2S. The van der Waals surface area contributed by atoms with E-state index in [0.29, 0.717) is 26.2 Å². The third kappa shape index (κ3) is 10.0. The molecule has 15 heavy (non-hydrogen) atoms. The van der Waals surface area contributed by atoms with Crippen LogP contribution in [0, 0.1) is 11.3 Å². The Morgan fingerprint density at radius 3 is 2.53 bits per heavy atom. The molecule has 4 nitrogen and oxygen atoms in total. The summed E-state index contributed by atoms with van der Waals surface area (Å²) in [5.74, 6) is 0.746. The molecule has 0 aliphatic carbocycles. The van der Waals surface area contributed by atoms with Crippen molar-refractivity contribution in [2.45, 2.75) is 6.42 Å². The summed E-state index contributed by atoms with van der Waals surface area (Å²) in [5.41, 5.74) is 0. The molecule has 0 aromatic carbocycles. The summed E-state index contributed by atoms with van der Waals surface area (Å²) in [6.45, 7) is 4.54. The van der Waals surface area contributed by atoms with Crippen LogP contribution >= 0.6 is 12.6 Å². The molecule has 0 bridgehead atoms. The van der Waals surface area contributed by atoms with E-state index in [2.05, 4.69) is 23.6 Å². The minimum atomic E-state index is 0.552. The largest absolute Gasteiger partial charge is 0.383 e. The van der Waals surface area contributed by atoms with Crippen LogP contribution in [-0.2, 0) is 9.47 Å². The van der Waals surface area contributed by atoms with E-state index in [1.807, 2.05) is 0 Å². The van der Waals surface area contributed by atoms with E-state index in [4.69, 9.17) is 14.7 Å². The van der Waals surface area contributed by atoms with Crippen LogP contribution < -0.4 is 0 Å². The molecule has 0 rings (SSSR count). The van der Waals surface area contributed by atoms with Gasteiger partial charge in [0.1, 0.15) is 0 Å². The minimum Gasteiger partial charge on any atom is -0.383 e. The van der Waals surface area contributed by atoms with Crippen LogP contribution in [0.3, 0.4) is 0 Å². The summed E-state index contributed by atoms with van der Waals surface area (Å²) < 4.78 is 10.3. The van der Waals surface area contributed by atoms with Crippen molar-refractivity contribution in [3.05, 3.63) is 0 Å². The number of ether oxygens (including phenoxy) is 2. The number of rotatable bonds is 10. The highest BCUT2D eigenvalue weighted by molar-refractivity contribution is 7.80. The van der Waals surface area contributed by atoms with Crippen molar-refractivity contribution >= 4 is 12.6 Å². The average molecular weight is 232 g/mol. The van der Waals surface area contributed by atoms with Crippen LogP contribution in [0.5, 0.6) is 0 Å². The van der Waals surface area contributed by atoms with Gasteiger partial charge in [0.05, 0.1) is 25.9 Å². The lowest BCUT2D eigenvalue weighted by Gasteiger charge is -2.20. The van der Waals surface area contributed by atoms with E-state index < -0.39 is 0 Å². The van der Waals surface area contributed by atoms with Gasteiger partial charge in [-0.2, -0.15) is 17.9 Å². The lowest BCUT2D eigenvalue weighted by molar-refractivity contribution is 0.0970. The second kappa shape index (κ2) is 11.8. The smallest absolute Gasteiger partial charge is 0.0635 e. The highest BCUT2D eigenvalue weighted by Gasteiger charge is 2.03. The number of methoxy groups -OCH3 is 1. The van der Waals surface area contributed by atoms with E-state index in [0.717, 1.165) is 25.4 Å². The van der Waals surface area contributed by atoms with Gasteiger partial charge in [0.2, 0.25) is 0 Å². The van der Waals surface area contributed by atoms with E-state index >= 15 is 0 Å². The van der Waals surface area contributed by atoms with Gasteiger partial charge in [-0.3, -0.25) is 4.90 Å². The molecule has 0 fully saturated rings. The molecule has 0 aliphatic heterocycles.